The number of benzene rings is 4. The number of hydrogen-bond donors (Lipinski definition) is 0. The average molecular weight is 407 g/mol. The van der Waals surface area contributed by atoms with Gasteiger partial charge in [-0.3, -0.25) is 0 Å². The fraction of sp³-hybridized carbons (Fsp3) is 0.0741. The Kier molecular flexibility index (Phi) is 4.82. The van der Waals surface area contributed by atoms with Gasteiger partial charge in [0.25, 0.3) is 0 Å². The first-order valence-electron chi connectivity index (χ1n) is 10.0. The predicted molar refractivity (Wildman–Crippen MR) is 130 cm³/mol. The summed E-state index contributed by atoms with van der Waals surface area (Å²) in [5.41, 5.74) is 8.36. The van der Waals surface area contributed by atoms with Gasteiger partial charge in [-0.1, -0.05) is 72.8 Å². The summed E-state index contributed by atoms with van der Waals surface area (Å²) in [4.78, 5) is 6.91. The molecule has 5 aromatic rings. The van der Waals surface area contributed by atoms with Crippen LogP contribution in [0.15, 0.2) is 97.1 Å². The minimum atomic E-state index is 1.06. The summed E-state index contributed by atoms with van der Waals surface area (Å²) in [6.07, 6.45) is 0. The molecule has 0 aliphatic heterocycles. The standard InChI is InChI=1S/C27H22N2S/c1-29(2)22-17-15-20(16-18-22)24-8-4-3-7-23(24)19-11-13-21(14-12-19)27-28-25-9-5-6-10-26(25)30-27/h3-18H,1-2H3. The minimum Gasteiger partial charge on any atom is -0.378 e. The number of rotatable bonds is 4. The van der Waals surface area contributed by atoms with Gasteiger partial charge in [0.2, 0.25) is 0 Å². The van der Waals surface area contributed by atoms with Gasteiger partial charge < -0.3 is 4.90 Å². The molecule has 1 heterocycles. The van der Waals surface area contributed by atoms with E-state index in [9.17, 15) is 0 Å². The minimum absolute atomic E-state index is 1.06. The SMILES string of the molecule is CN(C)c1ccc(-c2ccccc2-c2ccc(-c3nc4ccccc4s3)cc2)cc1. The topological polar surface area (TPSA) is 16.1 Å². The smallest absolute Gasteiger partial charge is 0.124 e. The molecule has 0 spiro atoms. The molecule has 5 rings (SSSR count). The summed E-state index contributed by atoms with van der Waals surface area (Å²) < 4.78 is 1.23. The molecule has 0 amide bonds. The highest BCUT2D eigenvalue weighted by molar-refractivity contribution is 7.21. The van der Waals surface area contributed by atoms with E-state index in [0.717, 1.165) is 16.1 Å². The third-order valence-electron chi connectivity index (χ3n) is 5.36. The van der Waals surface area contributed by atoms with Crippen LogP contribution in [0.5, 0.6) is 0 Å². The Bertz CT molecular complexity index is 1270. The zero-order valence-corrected chi connectivity index (χ0v) is 17.9. The van der Waals surface area contributed by atoms with Crippen LogP contribution in [0.4, 0.5) is 5.69 Å². The summed E-state index contributed by atoms with van der Waals surface area (Å²) in [6.45, 7) is 0. The van der Waals surface area contributed by atoms with Crippen molar-refractivity contribution < 1.29 is 0 Å². The van der Waals surface area contributed by atoms with Gasteiger partial charge in [0.1, 0.15) is 5.01 Å². The monoisotopic (exact) mass is 406 g/mol. The molecular formula is C27H22N2S. The summed E-state index contributed by atoms with van der Waals surface area (Å²) in [6, 6.07) is 34.4. The fourth-order valence-electron chi connectivity index (χ4n) is 3.71. The molecule has 0 bridgehead atoms. The van der Waals surface area contributed by atoms with Crippen molar-refractivity contribution in [3.63, 3.8) is 0 Å². The van der Waals surface area contributed by atoms with Gasteiger partial charge in [-0.15, -0.1) is 11.3 Å². The van der Waals surface area contributed by atoms with Gasteiger partial charge in [-0.2, -0.15) is 0 Å². The molecule has 0 unspecified atom stereocenters. The van der Waals surface area contributed by atoms with Crippen LogP contribution >= 0.6 is 11.3 Å². The molecular weight excluding hydrogens is 384 g/mol. The Morgan fingerprint density at radius 1 is 0.600 bits per heavy atom. The Labute approximate surface area is 181 Å². The van der Waals surface area contributed by atoms with Gasteiger partial charge in [0.15, 0.2) is 0 Å². The second-order valence-electron chi connectivity index (χ2n) is 7.55. The van der Waals surface area contributed by atoms with Gasteiger partial charge in [-0.25, -0.2) is 4.98 Å². The number of aromatic nitrogens is 1. The third kappa shape index (κ3) is 3.49. The number of hydrogen-bond acceptors (Lipinski definition) is 3. The van der Waals surface area contributed by atoms with Crippen molar-refractivity contribution in [1.29, 1.82) is 0 Å². The van der Waals surface area contributed by atoms with Crippen molar-refractivity contribution in [2.24, 2.45) is 0 Å². The van der Waals surface area contributed by atoms with Crippen molar-refractivity contribution in [2.45, 2.75) is 0 Å². The lowest BCUT2D eigenvalue weighted by molar-refractivity contribution is 1.13. The molecule has 0 N–H and O–H groups in total. The van der Waals surface area contributed by atoms with Crippen molar-refractivity contribution in [2.75, 3.05) is 19.0 Å². The maximum absolute atomic E-state index is 4.79. The van der Waals surface area contributed by atoms with Crippen LogP contribution in [0.3, 0.4) is 0 Å². The van der Waals surface area contributed by atoms with Crippen LogP contribution in [0.1, 0.15) is 0 Å². The van der Waals surface area contributed by atoms with Crippen LogP contribution in [0.2, 0.25) is 0 Å². The van der Waals surface area contributed by atoms with Crippen LogP contribution in [-0.2, 0) is 0 Å². The lowest BCUT2D eigenvalue weighted by Gasteiger charge is -2.14. The second kappa shape index (κ2) is 7.77. The van der Waals surface area contributed by atoms with Crippen molar-refractivity contribution >= 4 is 27.2 Å². The van der Waals surface area contributed by atoms with Gasteiger partial charge in [0.05, 0.1) is 10.2 Å². The molecule has 2 nitrogen and oxygen atoms in total. The van der Waals surface area contributed by atoms with E-state index in [2.05, 4.69) is 110 Å². The van der Waals surface area contributed by atoms with Crippen LogP contribution in [0, 0.1) is 0 Å². The lowest BCUT2D eigenvalue weighted by Crippen LogP contribution is -2.07. The third-order valence-corrected chi connectivity index (χ3v) is 6.44. The van der Waals surface area contributed by atoms with Crippen molar-refractivity contribution in [1.82, 2.24) is 4.98 Å². The Hall–Kier alpha value is -3.43. The molecule has 0 aliphatic carbocycles. The zero-order chi connectivity index (χ0) is 20.5. The number of thiazole rings is 1. The molecule has 146 valence electrons. The molecule has 1 aromatic heterocycles. The quantitative estimate of drug-likeness (QED) is 0.310. The van der Waals surface area contributed by atoms with E-state index in [1.807, 2.05) is 6.07 Å². The maximum atomic E-state index is 4.79. The van der Waals surface area contributed by atoms with Crippen molar-refractivity contribution in [3.05, 3.63) is 97.1 Å². The summed E-state index contributed by atoms with van der Waals surface area (Å²) in [7, 11) is 4.13. The van der Waals surface area contributed by atoms with E-state index in [1.165, 1.54) is 32.6 Å². The van der Waals surface area contributed by atoms with Gasteiger partial charge >= 0.3 is 0 Å². The van der Waals surface area contributed by atoms with E-state index in [0.29, 0.717) is 0 Å². The molecule has 30 heavy (non-hydrogen) atoms. The fourth-order valence-corrected chi connectivity index (χ4v) is 4.68. The summed E-state index contributed by atoms with van der Waals surface area (Å²) in [5, 5.41) is 1.07. The van der Waals surface area contributed by atoms with Crippen LogP contribution in [-0.4, -0.2) is 19.1 Å². The lowest BCUT2D eigenvalue weighted by atomic mass is 9.94. The normalized spacial score (nSPS) is 11.0. The molecule has 3 heteroatoms. The average Bonchev–Trinajstić information content (AvgIpc) is 3.24. The first-order chi connectivity index (χ1) is 14.7. The molecule has 4 aromatic carbocycles. The van der Waals surface area contributed by atoms with Gasteiger partial charge in [-0.05, 0) is 46.5 Å². The highest BCUT2D eigenvalue weighted by Gasteiger charge is 2.10. The van der Waals surface area contributed by atoms with E-state index in [1.54, 1.807) is 11.3 Å². The zero-order valence-electron chi connectivity index (χ0n) is 17.0. The summed E-state index contributed by atoms with van der Waals surface area (Å²) in [5.74, 6) is 0. The molecule has 0 saturated heterocycles. The molecule has 0 atom stereocenters. The first kappa shape index (κ1) is 18.6. The second-order valence-corrected chi connectivity index (χ2v) is 8.58. The van der Waals surface area contributed by atoms with Gasteiger partial charge in [0, 0.05) is 25.3 Å². The predicted octanol–water partition coefficient (Wildman–Crippen LogP) is 7.36. The van der Waals surface area contributed by atoms with E-state index in [4.69, 9.17) is 4.98 Å². The first-order valence-corrected chi connectivity index (χ1v) is 10.8. The van der Waals surface area contributed by atoms with E-state index in [-0.39, 0.29) is 0 Å². The van der Waals surface area contributed by atoms with Crippen LogP contribution in [0.25, 0.3) is 43.0 Å². The number of fused-ring (bicyclic) bond motifs is 1. The number of anilines is 1. The number of nitrogens with zero attached hydrogens (tertiary/aromatic N) is 2. The van der Waals surface area contributed by atoms with Crippen molar-refractivity contribution in [3.8, 4) is 32.8 Å². The molecule has 0 radical (unpaired) electrons. The highest BCUT2D eigenvalue weighted by atomic mass is 32.1. The number of para-hydroxylation sites is 1. The highest BCUT2D eigenvalue weighted by Crippen LogP contribution is 2.35. The Morgan fingerprint density at radius 3 is 1.73 bits per heavy atom. The molecule has 0 fully saturated rings. The van der Waals surface area contributed by atoms with Crippen LogP contribution < -0.4 is 4.90 Å². The Morgan fingerprint density at radius 2 is 1.13 bits per heavy atom. The van der Waals surface area contributed by atoms with E-state index >= 15 is 0 Å². The Balaban J connectivity index is 1.50. The maximum Gasteiger partial charge on any atom is 0.124 e. The van der Waals surface area contributed by atoms with E-state index < -0.39 is 0 Å². The summed E-state index contributed by atoms with van der Waals surface area (Å²) >= 11 is 1.74. The largest absolute Gasteiger partial charge is 0.378 e. The molecule has 0 aliphatic rings. The molecule has 0 saturated carbocycles.